The van der Waals surface area contributed by atoms with E-state index in [2.05, 4.69) is 34.2 Å². The number of thiophene rings is 4. The van der Waals surface area contributed by atoms with Gasteiger partial charge in [-0.25, -0.2) is 52.5 Å². The SMILES string of the molecule is [2H]C1Oc2cc(C([2H])([2H])[2H])c(C([2H])([2H])C(=O)c3sccc3S(=O)(=O)N([2H])c3onc(C([2H])([2H])[2H])c3Cl)cc2O1.[2H]C1Oc2cc(C)c(C([2H])([2H])C(=O)c3sccc3S(=O)(=O)N([2H])c3onc(C([2H])([2H])[2H])c3Cl)cc2O1.[2H]N(c1onc(C([2H])([2H])[2H])c1Cl)S(=O)(=O)c1ccsc1C(=O)C([2H])([2H])c1cc2c(cc1C([2H])([2H])[2H])OCO2.[2H]N(c1onc(C([2H])([2H])[2H])c1Cl)S(=O)(=O)c1ccsc1C(=O)C([2H])([2H])c1cc2c(cc1C)OC([2H])([2H])O2. The number of Topliss-reactive ketones (excluding diaryl/α,β-unsaturated/α-hetero) is 4. The van der Waals surface area contributed by atoms with Crippen molar-refractivity contribution in [1.29, 1.82) is 0 Å². The predicted molar refractivity (Wildman–Crippen MR) is 427 cm³/mol. The van der Waals surface area contributed by atoms with Gasteiger partial charge < -0.3 is 56.0 Å². The van der Waals surface area contributed by atoms with Gasteiger partial charge in [-0.05, 0) is 194 Å². The molecule has 44 heteroatoms. The van der Waals surface area contributed by atoms with E-state index in [-0.39, 0.29) is 88.3 Å². The second-order valence-electron chi connectivity index (χ2n) is 22.4. The fraction of sp³-hybridized carbons (Fsp3) is 0.222. The maximum Gasteiger partial charge on any atom is 0.265 e. The van der Waals surface area contributed by atoms with Crippen molar-refractivity contribution in [1.82, 2.24) is 20.6 Å². The van der Waals surface area contributed by atoms with Crippen molar-refractivity contribution < 1.29 is 156 Å². The lowest BCUT2D eigenvalue weighted by Gasteiger charge is -2.09. The number of halogens is 4. The number of ether oxygens (including phenoxy) is 8. The van der Waals surface area contributed by atoms with E-state index in [1.165, 1.54) is 42.8 Å². The molecule has 4 aliphatic rings. The molecule has 0 bridgehead atoms. The third-order valence-electron chi connectivity index (χ3n) is 14.9. The van der Waals surface area contributed by atoms with Crippen LogP contribution in [-0.4, -0.2) is 105 Å². The van der Waals surface area contributed by atoms with E-state index < -0.39 is 278 Å². The number of ketones is 4. The molecule has 16 rings (SSSR count). The Morgan fingerprint density at radius 3 is 0.905 bits per heavy atom. The molecule has 32 nitrogen and oxygen atoms in total. The maximum atomic E-state index is 13.5. The van der Waals surface area contributed by atoms with Gasteiger partial charge in [0.15, 0.2) is 74.8 Å². The standard InChI is InChI=1S/4C18H15ClN2O6S2/c4*1-9-5-13-14(26-8-25-13)7-11(9)6-12(22)17-15(3-4-28-17)29(23,24)21-18-16(19)10(2)20-27-18/h4*3-5,7,21H,6,8H2,1-2H3/i1D3,2D3,6D2,8D;2D3,6D2,8D2;2D3,6D2,8D;1D3,2D3,6D2/hD4. The largest absolute Gasteiger partial charge is 0.454 e. The molecule has 2 atom stereocenters. The molecule has 12 aromatic rings. The molecule has 4 aromatic carbocycles. The van der Waals surface area contributed by atoms with E-state index in [9.17, 15) is 52.8 Å². The van der Waals surface area contributed by atoms with E-state index in [0.717, 1.165) is 65.4 Å². The molecule has 0 aliphatic carbocycles. The molecule has 0 radical (unpaired) electrons. The Morgan fingerprint density at radius 1 is 0.388 bits per heavy atom. The predicted octanol–water partition coefficient (Wildman–Crippen LogP) is 15.8. The lowest BCUT2D eigenvalue weighted by atomic mass is 10.0. The minimum atomic E-state index is -5.04. The summed E-state index contributed by atoms with van der Waals surface area (Å²) in [6, 6.07) is 12.6. The van der Waals surface area contributed by atoms with Crippen LogP contribution in [0.3, 0.4) is 0 Å². The van der Waals surface area contributed by atoms with Crippen LogP contribution in [0.25, 0.3) is 0 Å². The third-order valence-corrected chi connectivity index (χ3v) is 25.7. The number of nitrogens with one attached hydrogen (secondary N) is 4. The Bertz CT molecular complexity index is 7900. The van der Waals surface area contributed by atoms with Crippen LogP contribution in [0.15, 0.2) is 132 Å². The van der Waals surface area contributed by atoms with Crippen molar-refractivity contribution in [3.63, 3.8) is 0 Å². The summed E-state index contributed by atoms with van der Waals surface area (Å²) in [6.45, 7) is -20.0. The summed E-state index contributed by atoms with van der Waals surface area (Å²) in [5, 5.41) is 14.5. The lowest BCUT2D eigenvalue weighted by Crippen LogP contribution is -2.16. The van der Waals surface area contributed by atoms with Crippen molar-refractivity contribution in [3.8, 4) is 46.0 Å². The smallest absolute Gasteiger partial charge is 0.265 e. The van der Waals surface area contributed by atoms with Crippen molar-refractivity contribution in [2.45, 2.75) is 100 Å². The van der Waals surface area contributed by atoms with E-state index in [1.807, 2.05) is 0 Å². The zero-order chi connectivity index (χ0) is 112. The van der Waals surface area contributed by atoms with Gasteiger partial charge in [0, 0.05) is 61.1 Å². The number of rotatable bonds is 24. The number of aryl methyl sites for hydroxylation is 8. The van der Waals surface area contributed by atoms with Crippen LogP contribution < -0.4 is 56.8 Å². The van der Waals surface area contributed by atoms with Crippen LogP contribution >= 0.6 is 91.8 Å². The van der Waals surface area contributed by atoms with Crippen LogP contribution in [0, 0.1) is 55.0 Å². The van der Waals surface area contributed by atoms with E-state index in [4.69, 9.17) is 136 Å². The summed E-state index contributed by atoms with van der Waals surface area (Å²) in [5.41, 5.74) is -5.43. The summed E-state index contributed by atoms with van der Waals surface area (Å²) in [7, 11) is -19.9. The molecule has 4 N–H and O–H groups in total. The molecule has 4 aliphatic heterocycles. The Balaban J connectivity index is 0.000000167. The van der Waals surface area contributed by atoms with E-state index in [0.29, 0.717) is 50.9 Å². The Labute approximate surface area is 744 Å². The second-order valence-corrected chi connectivity index (χ2v) is 33.9. The van der Waals surface area contributed by atoms with Crippen LogP contribution in [-0.2, 0) is 65.6 Å². The number of carbonyl (C=O) groups excluding carboxylic acids is 4. The van der Waals surface area contributed by atoms with E-state index in [1.54, 1.807) is 0 Å². The monoisotopic (exact) mass is 1850 g/mol. The highest BCUT2D eigenvalue weighted by atomic mass is 35.5. The molecule has 0 amide bonds. The molecule has 2 unspecified atom stereocenters. The third kappa shape index (κ3) is 18.1. The first-order chi connectivity index (χ1) is 68.6. The van der Waals surface area contributed by atoms with Gasteiger partial charge in [-0.15, -0.1) is 45.3 Å². The first-order valence-electron chi connectivity index (χ1n) is 47.7. The number of hydrogen-bond donors (Lipinski definition) is 4. The minimum absolute atomic E-state index is 0.000834. The summed E-state index contributed by atoms with van der Waals surface area (Å²) >= 11 is 25.8. The molecular formula is C72H60Cl4N8O24S8. The maximum absolute atomic E-state index is 13.5. The Hall–Kier alpha value is -10.2. The quantitative estimate of drug-likeness (QED) is 0.0408. The molecule has 0 saturated carbocycles. The van der Waals surface area contributed by atoms with Gasteiger partial charge in [-0.2, -0.15) is 0 Å². The van der Waals surface area contributed by atoms with Crippen molar-refractivity contribution >= 4 is 179 Å². The second kappa shape index (κ2) is 34.1. The molecule has 608 valence electrons. The Kier molecular flexibility index (Phi) is 14.8. The summed E-state index contributed by atoms with van der Waals surface area (Å²) in [4.78, 5) is 47.9. The van der Waals surface area contributed by atoms with E-state index >= 15 is 0 Å². The van der Waals surface area contributed by atoms with Gasteiger partial charge in [0.1, 0.15) is 67.9 Å². The summed E-state index contributed by atoms with van der Waals surface area (Å²) < 4.78 is 430. The average molecular weight is 1850 g/mol. The van der Waals surface area contributed by atoms with Gasteiger partial charge in [0.25, 0.3) is 63.6 Å². The number of benzene rings is 4. The van der Waals surface area contributed by atoms with Crippen molar-refractivity contribution in [2.75, 3.05) is 45.9 Å². The number of sulfonamides is 4. The molecule has 0 fully saturated rings. The van der Waals surface area contributed by atoms with Gasteiger partial charge >= 0.3 is 0 Å². The first-order valence-corrected chi connectivity index (χ1v) is 41.5. The minimum Gasteiger partial charge on any atom is -0.454 e. The highest BCUT2D eigenvalue weighted by Crippen LogP contribution is 2.42. The van der Waals surface area contributed by atoms with Crippen LogP contribution in [0.1, 0.15) is 147 Å². The zero-order valence-corrected chi connectivity index (χ0v) is 66.3. The Morgan fingerprint density at radius 2 is 0.629 bits per heavy atom. The van der Waals surface area contributed by atoms with Gasteiger partial charge in [-0.1, -0.05) is 67.0 Å². The highest BCUT2D eigenvalue weighted by molar-refractivity contribution is 7.94. The van der Waals surface area contributed by atoms with Gasteiger partial charge in [-0.3, -0.25) is 19.2 Å². The number of carbonyl (C=O) groups is 4. The van der Waals surface area contributed by atoms with Gasteiger partial charge in [0.2, 0.25) is 27.1 Å². The van der Waals surface area contributed by atoms with Crippen LogP contribution in [0.5, 0.6) is 46.0 Å². The normalized spacial score (nSPS) is 20.1. The summed E-state index contributed by atoms with van der Waals surface area (Å²) in [5.74, 6) is -9.40. The molecule has 12 heterocycles. The molecule has 0 saturated heterocycles. The lowest BCUT2D eigenvalue weighted by molar-refractivity contribution is 0.0985. The topological polar surface area (TPSA) is 431 Å². The molecule has 0 spiro atoms. The average Bonchev–Trinajstić information content (AvgIpc) is 1.37. The molecule has 116 heavy (non-hydrogen) atoms. The van der Waals surface area contributed by atoms with Crippen LogP contribution in [0.4, 0.5) is 23.5 Å². The van der Waals surface area contributed by atoms with Gasteiger partial charge in [0.05, 0.1) is 19.5 Å². The fourth-order valence-corrected chi connectivity index (χ4v) is 19.1. The summed E-state index contributed by atoms with van der Waals surface area (Å²) in [6.07, 6.45) is -11.8. The number of nitrogens with zero attached hydrogens (tertiary/aromatic N) is 4. The first kappa shape index (κ1) is 50.4. The number of fused-ring (bicyclic) bond motifs is 4. The van der Waals surface area contributed by atoms with Crippen LogP contribution in [0.2, 0.25) is 25.7 Å². The van der Waals surface area contributed by atoms with Crippen molar-refractivity contribution in [2.24, 2.45) is 0 Å². The fourth-order valence-electron chi connectivity index (χ4n) is 9.52. The number of aromatic nitrogens is 4. The zero-order valence-electron chi connectivity index (χ0n) is 90.8. The van der Waals surface area contributed by atoms with Crippen molar-refractivity contribution in [3.05, 3.63) is 201 Å². The number of hydrogen-bond acceptors (Lipinski definition) is 32. The highest BCUT2D eigenvalue weighted by Gasteiger charge is 2.34. The molecule has 8 aromatic heterocycles. The molecular weight excluding hydrogens is 1760 g/mol. The number of anilines is 4.